The number of hydrogen-bond donors (Lipinski definition) is 1. The normalized spacial score (nSPS) is 10.4. The van der Waals surface area contributed by atoms with Crippen molar-refractivity contribution in [2.24, 2.45) is 0 Å². The van der Waals surface area contributed by atoms with Gasteiger partial charge in [-0.3, -0.25) is 10.1 Å². The molecule has 0 aliphatic carbocycles. The Morgan fingerprint density at radius 2 is 1.79 bits per heavy atom. The highest BCUT2D eigenvalue weighted by Crippen LogP contribution is 2.28. The number of ether oxygens (including phenoxy) is 2. The third kappa shape index (κ3) is 4.55. The number of rotatable bonds is 5. The number of para-hydroxylation sites is 1. The van der Waals surface area contributed by atoms with E-state index in [9.17, 15) is 14.0 Å². The van der Waals surface area contributed by atoms with Crippen molar-refractivity contribution in [3.63, 3.8) is 0 Å². The molecule has 0 spiro atoms. The van der Waals surface area contributed by atoms with Gasteiger partial charge in [-0.15, -0.1) is 0 Å². The van der Waals surface area contributed by atoms with Crippen LogP contribution in [-0.2, 0) is 0 Å². The summed E-state index contributed by atoms with van der Waals surface area (Å²) in [7, 11) is 0. The maximum absolute atomic E-state index is 14.1. The smallest absolute Gasteiger partial charge is 0.417 e. The van der Waals surface area contributed by atoms with Crippen LogP contribution in [0.4, 0.5) is 14.9 Å². The van der Waals surface area contributed by atoms with Crippen molar-refractivity contribution >= 4 is 17.6 Å². The minimum atomic E-state index is -0.842. The van der Waals surface area contributed by atoms with Crippen molar-refractivity contribution < 1.29 is 23.5 Å². The Kier molecular flexibility index (Phi) is 5.52. The summed E-state index contributed by atoms with van der Waals surface area (Å²) in [6.45, 7) is 4.88. The molecular formula is C18H18FNO4. The summed E-state index contributed by atoms with van der Waals surface area (Å²) in [5.74, 6) is -0.549. The van der Waals surface area contributed by atoms with Crippen molar-refractivity contribution in [2.45, 2.75) is 26.9 Å². The molecule has 1 amide bonds. The summed E-state index contributed by atoms with van der Waals surface area (Å²) in [4.78, 5) is 23.5. The van der Waals surface area contributed by atoms with Crippen molar-refractivity contribution in [1.82, 2.24) is 0 Å². The van der Waals surface area contributed by atoms with Gasteiger partial charge in [0, 0.05) is 6.07 Å². The van der Waals surface area contributed by atoms with Crippen molar-refractivity contribution in [2.75, 3.05) is 5.32 Å². The minimum absolute atomic E-state index is 0.114. The molecule has 0 atom stereocenters. The van der Waals surface area contributed by atoms with Crippen LogP contribution in [0.25, 0.3) is 0 Å². The SMILES string of the molecule is CC(=O)c1cc(F)c(NC(=O)Oc2ccccc2)cc1OC(C)C. The highest BCUT2D eigenvalue weighted by Gasteiger charge is 2.17. The number of amides is 1. The molecule has 0 radical (unpaired) electrons. The van der Waals surface area contributed by atoms with Gasteiger partial charge in [0.2, 0.25) is 0 Å². The van der Waals surface area contributed by atoms with E-state index in [2.05, 4.69) is 5.32 Å². The molecule has 24 heavy (non-hydrogen) atoms. The molecule has 0 aliphatic rings. The molecule has 0 saturated heterocycles. The molecule has 2 aromatic carbocycles. The number of nitrogens with one attached hydrogen (secondary N) is 1. The number of anilines is 1. The van der Waals surface area contributed by atoms with Gasteiger partial charge in [-0.25, -0.2) is 9.18 Å². The van der Waals surface area contributed by atoms with E-state index in [0.717, 1.165) is 6.07 Å². The molecule has 0 aromatic heterocycles. The average Bonchev–Trinajstić information content (AvgIpc) is 2.50. The lowest BCUT2D eigenvalue weighted by atomic mass is 10.1. The van der Waals surface area contributed by atoms with Gasteiger partial charge >= 0.3 is 6.09 Å². The third-order valence-corrected chi connectivity index (χ3v) is 3.00. The summed E-state index contributed by atoms with van der Waals surface area (Å²) in [6, 6.07) is 10.7. The van der Waals surface area contributed by atoms with E-state index in [1.54, 1.807) is 44.2 Å². The Hall–Kier alpha value is -2.89. The molecule has 126 valence electrons. The van der Waals surface area contributed by atoms with E-state index < -0.39 is 11.9 Å². The van der Waals surface area contributed by atoms with Crippen LogP contribution >= 0.6 is 0 Å². The highest BCUT2D eigenvalue weighted by molar-refractivity contribution is 5.98. The molecule has 1 N–H and O–H groups in total. The van der Waals surface area contributed by atoms with Gasteiger partial charge in [-0.2, -0.15) is 0 Å². The second-order valence-corrected chi connectivity index (χ2v) is 5.38. The number of ketones is 1. The average molecular weight is 331 g/mol. The first-order chi connectivity index (χ1) is 11.4. The predicted octanol–water partition coefficient (Wildman–Crippen LogP) is 4.43. The molecule has 0 heterocycles. The summed E-state index contributed by atoms with van der Waals surface area (Å²) in [6.07, 6.45) is -1.05. The summed E-state index contributed by atoms with van der Waals surface area (Å²) >= 11 is 0. The van der Waals surface area contributed by atoms with Crippen LogP contribution in [0, 0.1) is 5.82 Å². The zero-order valence-corrected chi connectivity index (χ0v) is 13.6. The van der Waals surface area contributed by atoms with Crippen LogP contribution in [-0.4, -0.2) is 18.0 Å². The van der Waals surface area contributed by atoms with Crippen molar-refractivity contribution in [3.8, 4) is 11.5 Å². The second kappa shape index (κ2) is 7.59. The van der Waals surface area contributed by atoms with E-state index in [1.807, 2.05) is 0 Å². The summed E-state index contributed by atoms with van der Waals surface area (Å²) in [5.41, 5.74) is -0.0141. The Morgan fingerprint density at radius 1 is 1.12 bits per heavy atom. The van der Waals surface area contributed by atoms with Crippen LogP contribution in [0.15, 0.2) is 42.5 Å². The van der Waals surface area contributed by atoms with Gasteiger partial charge in [0.05, 0.1) is 17.4 Å². The van der Waals surface area contributed by atoms with Crippen molar-refractivity contribution in [1.29, 1.82) is 0 Å². The number of halogens is 1. The van der Waals surface area contributed by atoms with Crippen LogP contribution in [0.3, 0.4) is 0 Å². The first-order valence-corrected chi connectivity index (χ1v) is 7.42. The quantitative estimate of drug-likeness (QED) is 0.823. The zero-order valence-electron chi connectivity index (χ0n) is 13.6. The topological polar surface area (TPSA) is 64.6 Å². The number of benzene rings is 2. The van der Waals surface area contributed by atoms with Crippen molar-refractivity contribution in [3.05, 3.63) is 53.8 Å². The van der Waals surface area contributed by atoms with E-state index in [1.165, 1.54) is 13.0 Å². The Labute approximate surface area is 139 Å². The van der Waals surface area contributed by atoms with Crippen LogP contribution < -0.4 is 14.8 Å². The van der Waals surface area contributed by atoms with Gasteiger partial charge < -0.3 is 9.47 Å². The largest absolute Gasteiger partial charge is 0.490 e. The van der Waals surface area contributed by atoms with E-state index >= 15 is 0 Å². The lowest BCUT2D eigenvalue weighted by molar-refractivity contribution is 0.101. The maximum atomic E-state index is 14.1. The highest BCUT2D eigenvalue weighted by atomic mass is 19.1. The Balaban J connectivity index is 2.23. The summed E-state index contributed by atoms with van der Waals surface area (Å²) in [5, 5.41) is 2.31. The molecule has 0 saturated carbocycles. The van der Waals surface area contributed by atoms with E-state index in [-0.39, 0.29) is 28.9 Å². The Morgan fingerprint density at radius 3 is 2.38 bits per heavy atom. The number of Topliss-reactive ketones (excluding diaryl/α,β-unsaturated/α-hetero) is 1. The number of hydrogen-bond acceptors (Lipinski definition) is 4. The Bertz CT molecular complexity index is 744. The standard InChI is InChI=1S/C18H18FNO4/c1-11(2)23-17-10-16(15(19)9-14(17)12(3)21)20-18(22)24-13-7-5-4-6-8-13/h4-11H,1-3H3,(H,20,22). The van der Waals surface area contributed by atoms with Gasteiger partial charge in [-0.1, -0.05) is 18.2 Å². The molecule has 0 fully saturated rings. The van der Waals surface area contributed by atoms with Crippen LogP contribution in [0.1, 0.15) is 31.1 Å². The van der Waals surface area contributed by atoms with Crippen LogP contribution in [0.2, 0.25) is 0 Å². The zero-order chi connectivity index (χ0) is 17.7. The molecule has 5 nitrogen and oxygen atoms in total. The lowest BCUT2D eigenvalue weighted by Gasteiger charge is -2.15. The molecule has 0 unspecified atom stereocenters. The van der Waals surface area contributed by atoms with Gasteiger partial charge in [0.15, 0.2) is 5.78 Å². The van der Waals surface area contributed by atoms with Gasteiger partial charge in [0.25, 0.3) is 0 Å². The van der Waals surface area contributed by atoms with E-state index in [4.69, 9.17) is 9.47 Å². The predicted molar refractivity (Wildman–Crippen MR) is 88.3 cm³/mol. The molecule has 0 aliphatic heterocycles. The first-order valence-electron chi connectivity index (χ1n) is 7.42. The van der Waals surface area contributed by atoms with E-state index in [0.29, 0.717) is 5.75 Å². The van der Waals surface area contributed by atoms with Crippen LogP contribution in [0.5, 0.6) is 11.5 Å². The summed E-state index contributed by atoms with van der Waals surface area (Å²) < 4.78 is 24.7. The molecule has 2 aromatic rings. The molecule has 0 bridgehead atoms. The minimum Gasteiger partial charge on any atom is -0.490 e. The van der Waals surface area contributed by atoms with Gasteiger partial charge in [-0.05, 0) is 39.0 Å². The fourth-order valence-corrected chi connectivity index (χ4v) is 2.01. The molecule has 2 rings (SSSR count). The fraction of sp³-hybridized carbons (Fsp3) is 0.222. The van der Waals surface area contributed by atoms with Gasteiger partial charge in [0.1, 0.15) is 17.3 Å². The molecular weight excluding hydrogens is 313 g/mol. The monoisotopic (exact) mass is 331 g/mol. The second-order valence-electron chi connectivity index (χ2n) is 5.38. The third-order valence-electron chi connectivity index (χ3n) is 3.00. The maximum Gasteiger partial charge on any atom is 0.417 e. The first kappa shape index (κ1) is 17.5. The lowest BCUT2D eigenvalue weighted by Crippen LogP contribution is -2.18. The number of carbonyl (C=O) groups excluding carboxylic acids is 2. The molecule has 6 heteroatoms. The number of carbonyl (C=O) groups is 2. The fourth-order valence-electron chi connectivity index (χ4n) is 2.01.